The van der Waals surface area contributed by atoms with E-state index in [-0.39, 0.29) is 11.9 Å². The van der Waals surface area contributed by atoms with Gasteiger partial charge in [0.1, 0.15) is 5.75 Å². The molecule has 0 bridgehead atoms. The van der Waals surface area contributed by atoms with Gasteiger partial charge >= 0.3 is 0 Å². The highest BCUT2D eigenvalue weighted by molar-refractivity contribution is 5.94. The maximum Gasteiger partial charge on any atom is 0.251 e. The fourth-order valence-corrected chi connectivity index (χ4v) is 2.83. The summed E-state index contributed by atoms with van der Waals surface area (Å²) in [6.45, 7) is 12.2. The molecule has 0 aromatic heterocycles. The van der Waals surface area contributed by atoms with Gasteiger partial charge < -0.3 is 10.1 Å². The van der Waals surface area contributed by atoms with Gasteiger partial charge in [-0.1, -0.05) is 31.6 Å². The van der Waals surface area contributed by atoms with Crippen LogP contribution in [0.4, 0.5) is 0 Å². The molecule has 1 amide bonds. The van der Waals surface area contributed by atoms with Gasteiger partial charge in [-0.25, -0.2) is 0 Å². The standard InChI is InChI=1S/C21H32N2O2/c1-16(2)8-11-23-12-9-19(10-13-23)22-21(24)18-6-5-7-20(14-18)25-15-17(3)4/h5-8,14,17,19H,9-13,15H2,1-4H3,(H,22,24). The van der Waals surface area contributed by atoms with E-state index in [0.717, 1.165) is 38.2 Å². The van der Waals surface area contributed by atoms with Crippen LogP contribution in [0.5, 0.6) is 5.75 Å². The molecule has 1 saturated heterocycles. The highest BCUT2D eigenvalue weighted by Gasteiger charge is 2.20. The summed E-state index contributed by atoms with van der Waals surface area (Å²) >= 11 is 0. The van der Waals surface area contributed by atoms with Crippen molar-refractivity contribution in [2.24, 2.45) is 5.92 Å². The molecule has 138 valence electrons. The van der Waals surface area contributed by atoms with Crippen molar-refractivity contribution in [3.05, 3.63) is 41.5 Å². The molecule has 1 fully saturated rings. The van der Waals surface area contributed by atoms with Crippen LogP contribution < -0.4 is 10.1 Å². The highest BCUT2D eigenvalue weighted by Crippen LogP contribution is 2.16. The molecule has 1 aliphatic heterocycles. The Balaban J connectivity index is 1.82. The molecule has 1 aliphatic rings. The normalized spacial score (nSPS) is 15.9. The molecule has 1 N–H and O–H groups in total. The number of amides is 1. The smallest absolute Gasteiger partial charge is 0.251 e. The van der Waals surface area contributed by atoms with Crippen LogP contribution in [0.3, 0.4) is 0 Å². The zero-order chi connectivity index (χ0) is 18.2. The third-order valence-electron chi connectivity index (χ3n) is 4.36. The van der Waals surface area contributed by atoms with Crippen LogP contribution >= 0.6 is 0 Å². The lowest BCUT2D eigenvalue weighted by Gasteiger charge is -2.31. The van der Waals surface area contributed by atoms with Crippen molar-refractivity contribution in [2.75, 3.05) is 26.2 Å². The number of ether oxygens (including phenoxy) is 1. The van der Waals surface area contributed by atoms with Gasteiger partial charge in [-0.05, 0) is 50.8 Å². The molecule has 0 atom stereocenters. The van der Waals surface area contributed by atoms with Crippen molar-refractivity contribution < 1.29 is 9.53 Å². The molecule has 4 heteroatoms. The number of piperidine rings is 1. The van der Waals surface area contributed by atoms with E-state index in [1.165, 1.54) is 5.57 Å². The molecule has 1 aromatic rings. The Kier molecular flexibility index (Phi) is 7.51. The van der Waals surface area contributed by atoms with Crippen molar-refractivity contribution in [1.82, 2.24) is 10.2 Å². The van der Waals surface area contributed by atoms with Gasteiger partial charge in [-0.2, -0.15) is 0 Å². The second-order valence-corrected chi connectivity index (χ2v) is 7.56. The molecule has 0 aliphatic carbocycles. The lowest BCUT2D eigenvalue weighted by Crippen LogP contribution is -2.44. The van der Waals surface area contributed by atoms with Gasteiger partial charge in [0.25, 0.3) is 5.91 Å². The molecule has 1 heterocycles. The Morgan fingerprint density at radius 1 is 1.32 bits per heavy atom. The number of carbonyl (C=O) groups excluding carboxylic acids is 1. The molecular weight excluding hydrogens is 312 g/mol. The lowest BCUT2D eigenvalue weighted by atomic mass is 10.0. The summed E-state index contributed by atoms with van der Waals surface area (Å²) in [5, 5.41) is 3.18. The number of allylic oxidation sites excluding steroid dienone is 1. The maximum absolute atomic E-state index is 12.5. The van der Waals surface area contributed by atoms with Gasteiger partial charge in [0.2, 0.25) is 0 Å². The zero-order valence-corrected chi connectivity index (χ0v) is 16.0. The van der Waals surface area contributed by atoms with Gasteiger partial charge in [0.15, 0.2) is 0 Å². The highest BCUT2D eigenvalue weighted by atomic mass is 16.5. The molecule has 0 radical (unpaired) electrons. The molecule has 0 saturated carbocycles. The average molecular weight is 344 g/mol. The minimum Gasteiger partial charge on any atom is -0.493 e. The summed E-state index contributed by atoms with van der Waals surface area (Å²) in [6, 6.07) is 7.73. The first-order valence-corrected chi connectivity index (χ1v) is 9.33. The van der Waals surface area contributed by atoms with E-state index in [9.17, 15) is 4.79 Å². The van der Waals surface area contributed by atoms with E-state index in [1.807, 2.05) is 24.3 Å². The molecule has 25 heavy (non-hydrogen) atoms. The van der Waals surface area contributed by atoms with Gasteiger partial charge in [-0.15, -0.1) is 0 Å². The summed E-state index contributed by atoms with van der Waals surface area (Å²) in [4.78, 5) is 15.0. The summed E-state index contributed by atoms with van der Waals surface area (Å²) in [5.74, 6) is 1.23. The van der Waals surface area contributed by atoms with E-state index in [1.54, 1.807) is 0 Å². The van der Waals surface area contributed by atoms with Crippen LogP contribution in [0.25, 0.3) is 0 Å². The first-order valence-electron chi connectivity index (χ1n) is 9.33. The van der Waals surface area contributed by atoms with Crippen molar-refractivity contribution in [3.8, 4) is 5.75 Å². The first-order chi connectivity index (χ1) is 11.9. The predicted octanol–water partition coefficient (Wildman–Crippen LogP) is 3.88. The SMILES string of the molecule is CC(C)=CCN1CCC(NC(=O)c2cccc(OCC(C)C)c2)CC1. The predicted molar refractivity (Wildman–Crippen MR) is 103 cm³/mol. The average Bonchev–Trinajstić information content (AvgIpc) is 2.59. The molecule has 2 rings (SSSR count). The van der Waals surface area contributed by atoms with Crippen LogP contribution in [0.15, 0.2) is 35.9 Å². The Labute approximate surface area is 152 Å². The van der Waals surface area contributed by atoms with Crippen molar-refractivity contribution in [3.63, 3.8) is 0 Å². The minimum absolute atomic E-state index is 0.00209. The van der Waals surface area contributed by atoms with Crippen LogP contribution in [-0.2, 0) is 0 Å². The number of benzene rings is 1. The fourth-order valence-electron chi connectivity index (χ4n) is 2.83. The number of likely N-dealkylation sites (tertiary alicyclic amines) is 1. The largest absolute Gasteiger partial charge is 0.493 e. The van der Waals surface area contributed by atoms with E-state index >= 15 is 0 Å². The fraction of sp³-hybridized carbons (Fsp3) is 0.571. The number of hydrogen-bond acceptors (Lipinski definition) is 3. The number of rotatable bonds is 7. The van der Waals surface area contributed by atoms with Crippen LogP contribution in [0.2, 0.25) is 0 Å². The summed E-state index contributed by atoms with van der Waals surface area (Å²) in [7, 11) is 0. The van der Waals surface area contributed by atoms with Gasteiger partial charge in [0, 0.05) is 31.2 Å². The monoisotopic (exact) mass is 344 g/mol. The van der Waals surface area contributed by atoms with Crippen molar-refractivity contribution in [2.45, 2.75) is 46.6 Å². The maximum atomic E-state index is 12.5. The third-order valence-corrected chi connectivity index (χ3v) is 4.36. The quantitative estimate of drug-likeness (QED) is 0.763. The van der Waals surface area contributed by atoms with E-state index < -0.39 is 0 Å². The van der Waals surface area contributed by atoms with E-state index in [4.69, 9.17) is 4.74 Å². The van der Waals surface area contributed by atoms with Gasteiger partial charge in [-0.3, -0.25) is 9.69 Å². The second kappa shape index (κ2) is 9.62. The Morgan fingerprint density at radius 2 is 2.04 bits per heavy atom. The Hall–Kier alpha value is -1.81. The van der Waals surface area contributed by atoms with E-state index in [2.05, 4.69) is 44.0 Å². The summed E-state index contributed by atoms with van der Waals surface area (Å²) in [5.41, 5.74) is 2.03. The van der Waals surface area contributed by atoms with Crippen LogP contribution in [-0.4, -0.2) is 43.1 Å². The van der Waals surface area contributed by atoms with E-state index in [0.29, 0.717) is 18.1 Å². The Bertz CT molecular complexity index is 583. The third kappa shape index (κ3) is 6.91. The summed E-state index contributed by atoms with van der Waals surface area (Å²) in [6.07, 6.45) is 4.28. The van der Waals surface area contributed by atoms with Crippen molar-refractivity contribution in [1.29, 1.82) is 0 Å². The Morgan fingerprint density at radius 3 is 2.68 bits per heavy atom. The number of hydrogen-bond donors (Lipinski definition) is 1. The number of nitrogens with zero attached hydrogens (tertiary/aromatic N) is 1. The molecular formula is C21H32N2O2. The number of carbonyl (C=O) groups is 1. The first kappa shape index (κ1) is 19.5. The molecule has 1 aromatic carbocycles. The summed E-state index contributed by atoms with van der Waals surface area (Å²) < 4.78 is 5.72. The van der Waals surface area contributed by atoms with Crippen molar-refractivity contribution >= 4 is 5.91 Å². The lowest BCUT2D eigenvalue weighted by molar-refractivity contribution is 0.0913. The molecule has 4 nitrogen and oxygen atoms in total. The zero-order valence-electron chi connectivity index (χ0n) is 16.0. The molecule has 0 spiro atoms. The second-order valence-electron chi connectivity index (χ2n) is 7.56. The van der Waals surface area contributed by atoms with Crippen LogP contribution in [0.1, 0.15) is 50.9 Å². The van der Waals surface area contributed by atoms with Gasteiger partial charge in [0.05, 0.1) is 6.61 Å². The molecule has 0 unspecified atom stereocenters. The number of nitrogens with one attached hydrogen (secondary N) is 1. The minimum atomic E-state index is -0.00209. The topological polar surface area (TPSA) is 41.6 Å². The van der Waals surface area contributed by atoms with Crippen LogP contribution in [0, 0.1) is 5.92 Å².